The number of fused-ring (bicyclic) bond motifs is 1. The highest BCUT2D eigenvalue weighted by atomic mass is 19.1. The van der Waals surface area contributed by atoms with Gasteiger partial charge in [-0.25, -0.2) is 14.4 Å². The molecule has 0 aliphatic heterocycles. The molecule has 0 radical (unpaired) electrons. The van der Waals surface area contributed by atoms with Gasteiger partial charge >= 0.3 is 0 Å². The number of aromatic nitrogens is 2. The van der Waals surface area contributed by atoms with Crippen molar-refractivity contribution in [1.82, 2.24) is 15.3 Å². The predicted octanol–water partition coefficient (Wildman–Crippen LogP) is 4.37. The molecule has 2 aromatic carbocycles. The van der Waals surface area contributed by atoms with Crippen LogP contribution in [0.2, 0.25) is 0 Å². The molecular weight excluding hydrogens is 341 g/mol. The van der Waals surface area contributed by atoms with Crippen molar-refractivity contribution in [3.05, 3.63) is 95.9 Å². The number of hydrogen-bond acceptors (Lipinski definition) is 3. The number of carbonyl (C=O) groups excluding carboxylic acids is 1. The summed E-state index contributed by atoms with van der Waals surface area (Å²) in [6.07, 6.45) is 1.64. The standard InChI is InChI=1S/C22H16FN3O/c23-19-11-5-4-9-16(19)14-25-22(27)18-13-20(15-7-2-1-3-8-15)26-21-17(18)10-6-12-24-21/h1-13H,14H2,(H,25,27). The van der Waals surface area contributed by atoms with Gasteiger partial charge in [-0.15, -0.1) is 0 Å². The number of halogens is 1. The molecule has 0 aliphatic carbocycles. The van der Waals surface area contributed by atoms with Crippen LogP contribution in [0.1, 0.15) is 15.9 Å². The maximum Gasteiger partial charge on any atom is 0.252 e. The number of carbonyl (C=O) groups is 1. The second-order valence-corrected chi connectivity index (χ2v) is 6.07. The van der Waals surface area contributed by atoms with Crippen LogP contribution in [-0.4, -0.2) is 15.9 Å². The number of benzene rings is 2. The molecule has 1 N–H and O–H groups in total. The summed E-state index contributed by atoms with van der Waals surface area (Å²) < 4.78 is 13.8. The van der Waals surface area contributed by atoms with E-state index in [0.717, 1.165) is 5.56 Å². The summed E-state index contributed by atoms with van der Waals surface area (Å²) in [6, 6.07) is 21.3. The van der Waals surface area contributed by atoms with Crippen molar-refractivity contribution in [2.24, 2.45) is 0 Å². The van der Waals surface area contributed by atoms with E-state index < -0.39 is 0 Å². The molecule has 0 fully saturated rings. The largest absolute Gasteiger partial charge is 0.348 e. The number of pyridine rings is 2. The maximum absolute atomic E-state index is 13.8. The molecule has 1 amide bonds. The molecule has 132 valence electrons. The van der Waals surface area contributed by atoms with Crippen LogP contribution in [0.3, 0.4) is 0 Å². The molecule has 0 atom stereocenters. The molecule has 4 rings (SSSR count). The van der Waals surface area contributed by atoms with Crippen LogP contribution in [0.25, 0.3) is 22.3 Å². The second kappa shape index (κ2) is 7.33. The summed E-state index contributed by atoms with van der Waals surface area (Å²) in [5.74, 6) is -0.639. The monoisotopic (exact) mass is 357 g/mol. The molecule has 0 bridgehead atoms. The third-order valence-corrected chi connectivity index (χ3v) is 4.30. The van der Waals surface area contributed by atoms with E-state index in [0.29, 0.717) is 27.9 Å². The zero-order chi connectivity index (χ0) is 18.6. The smallest absolute Gasteiger partial charge is 0.252 e. The first kappa shape index (κ1) is 16.8. The van der Waals surface area contributed by atoms with Gasteiger partial charge in [0.25, 0.3) is 5.91 Å². The van der Waals surface area contributed by atoms with E-state index in [2.05, 4.69) is 15.3 Å². The van der Waals surface area contributed by atoms with Crippen molar-refractivity contribution in [2.45, 2.75) is 6.54 Å². The quantitative estimate of drug-likeness (QED) is 0.590. The van der Waals surface area contributed by atoms with Crippen LogP contribution in [0.15, 0.2) is 79.0 Å². The fourth-order valence-electron chi connectivity index (χ4n) is 2.91. The Balaban J connectivity index is 1.71. The van der Waals surface area contributed by atoms with Gasteiger partial charge < -0.3 is 5.32 Å². The van der Waals surface area contributed by atoms with E-state index in [1.165, 1.54) is 6.07 Å². The summed E-state index contributed by atoms with van der Waals surface area (Å²) >= 11 is 0. The van der Waals surface area contributed by atoms with Crippen molar-refractivity contribution < 1.29 is 9.18 Å². The molecular formula is C22H16FN3O. The van der Waals surface area contributed by atoms with Gasteiger partial charge in [0.1, 0.15) is 5.82 Å². The minimum absolute atomic E-state index is 0.107. The van der Waals surface area contributed by atoms with Crippen LogP contribution in [-0.2, 0) is 6.54 Å². The molecule has 0 aliphatic rings. The minimum atomic E-state index is -0.343. The van der Waals surface area contributed by atoms with Crippen LogP contribution in [0, 0.1) is 5.82 Å². The van der Waals surface area contributed by atoms with Crippen molar-refractivity contribution in [3.8, 4) is 11.3 Å². The SMILES string of the molecule is O=C(NCc1ccccc1F)c1cc(-c2ccccc2)nc2ncccc12. The van der Waals surface area contributed by atoms with E-state index in [4.69, 9.17) is 0 Å². The average molecular weight is 357 g/mol. The van der Waals surface area contributed by atoms with Crippen LogP contribution in [0.5, 0.6) is 0 Å². The van der Waals surface area contributed by atoms with Crippen molar-refractivity contribution in [2.75, 3.05) is 0 Å². The zero-order valence-corrected chi connectivity index (χ0v) is 14.4. The fourth-order valence-corrected chi connectivity index (χ4v) is 2.91. The molecule has 0 spiro atoms. The third kappa shape index (κ3) is 3.53. The zero-order valence-electron chi connectivity index (χ0n) is 14.4. The summed E-state index contributed by atoms with van der Waals surface area (Å²) in [5, 5.41) is 3.45. The molecule has 0 saturated heterocycles. The van der Waals surface area contributed by atoms with Crippen LogP contribution >= 0.6 is 0 Å². The van der Waals surface area contributed by atoms with Crippen LogP contribution in [0.4, 0.5) is 4.39 Å². The van der Waals surface area contributed by atoms with Gasteiger partial charge in [-0.1, -0.05) is 48.5 Å². The summed E-state index contributed by atoms with van der Waals surface area (Å²) in [5.41, 5.74) is 2.95. The Hall–Kier alpha value is -3.60. The molecule has 0 unspecified atom stereocenters. The van der Waals surface area contributed by atoms with E-state index in [-0.39, 0.29) is 18.3 Å². The van der Waals surface area contributed by atoms with Gasteiger partial charge in [0, 0.05) is 29.3 Å². The Morgan fingerprint density at radius 1 is 0.963 bits per heavy atom. The topological polar surface area (TPSA) is 54.9 Å². The van der Waals surface area contributed by atoms with Gasteiger partial charge in [0.2, 0.25) is 0 Å². The first-order valence-corrected chi connectivity index (χ1v) is 8.55. The van der Waals surface area contributed by atoms with Crippen molar-refractivity contribution in [1.29, 1.82) is 0 Å². The normalized spacial score (nSPS) is 10.7. The lowest BCUT2D eigenvalue weighted by Crippen LogP contribution is -2.23. The van der Waals surface area contributed by atoms with E-state index in [1.54, 1.807) is 36.5 Å². The molecule has 4 aromatic rings. The number of nitrogens with one attached hydrogen (secondary N) is 1. The Morgan fingerprint density at radius 3 is 2.56 bits per heavy atom. The molecule has 27 heavy (non-hydrogen) atoms. The van der Waals surface area contributed by atoms with Crippen LogP contribution < -0.4 is 5.32 Å². The Labute approximate surface area is 155 Å². The highest BCUT2D eigenvalue weighted by Gasteiger charge is 2.15. The van der Waals surface area contributed by atoms with Gasteiger partial charge in [0.05, 0.1) is 11.3 Å². The molecule has 2 heterocycles. The second-order valence-electron chi connectivity index (χ2n) is 6.07. The highest BCUT2D eigenvalue weighted by molar-refractivity contribution is 6.06. The number of nitrogens with zero attached hydrogens (tertiary/aromatic N) is 2. The highest BCUT2D eigenvalue weighted by Crippen LogP contribution is 2.23. The number of hydrogen-bond donors (Lipinski definition) is 1. The van der Waals surface area contributed by atoms with Gasteiger partial charge in [-0.3, -0.25) is 4.79 Å². The van der Waals surface area contributed by atoms with E-state index in [1.807, 2.05) is 36.4 Å². The van der Waals surface area contributed by atoms with Crippen molar-refractivity contribution in [3.63, 3.8) is 0 Å². The maximum atomic E-state index is 13.8. The lowest BCUT2D eigenvalue weighted by molar-refractivity contribution is 0.0952. The van der Waals surface area contributed by atoms with E-state index >= 15 is 0 Å². The lowest BCUT2D eigenvalue weighted by atomic mass is 10.1. The van der Waals surface area contributed by atoms with Crippen molar-refractivity contribution >= 4 is 16.9 Å². The Bertz CT molecular complexity index is 1110. The molecule has 4 nitrogen and oxygen atoms in total. The Kier molecular flexibility index (Phi) is 4.58. The Morgan fingerprint density at radius 2 is 1.74 bits per heavy atom. The van der Waals surface area contributed by atoms with Gasteiger partial charge in [-0.2, -0.15) is 0 Å². The number of amides is 1. The third-order valence-electron chi connectivity index (χ3n) is 4.30. The molecule has 5 heteroatoms. The first-order valence-electron chi connectivity index (χ1n) is 8.55. The number of rotatable bonds is 4. The minimum Gasteiger partial charge on any atom is -0.348 e. The molecule has 2 aromatic heterocycles. The fraction of sp³-hybridized carbons (Fsp3) is 0.0455. The summed E-state index contributed by atoms with van der Waals surface area (Å²) in [7, 11) is 0. The average Bonchev–Trinajstić information content (AvgIpc) is 2.73. The molecule has 0 saturated carbocycles. The van der Waals surface area contributed by atoms with Gasteiger partial charge in [-0.05, 0) is 24.3 Å². The first-order chi connectivity index (χ1) is 13.2. The predicted molar refractivity (Wildman–Crippen MR) is 103 cm³/mol. The summed E-state index contributed by atoms with van der Waals surface area (Å²) in [6.45, 7) is 0.107. The van der Waals surface area contributed by atoms with E-state index in [9.17, 15) is 9.18 Å². The van der Waals surface area contributed by atoms with Gasteiger partial charge in [0.15, 0.2) is 5.65 Å². The lowest BCUT2D eigenvalue weighted by Gasteiger charge is -2.10. The summed E-state index contributed by atoms with van der Waals surface area (Å²) in [4.78, 5) is 21.7.